The van der Waals surface area contributed by atoms with Gasteiger partial charge in [-0.3, -0.25) is 4.79 Å². The van der Waals surface area contributed by atoms with Crippen molar-refractivity contribution in [2.24, 2.45) is 0 Å². The summed E-state index contributed by atoms with van der Waals surface area (Å²) in [4.78, 5) is 37.3. The van der Waals surface area contributed by atoms with Crippen molar-refractivity contribution in [1.29, 1.82) is 0 Å². The minimum absolute atomic E-state index is 0.00211. The van der Waals surface area contributed by atoms with E-state index in [0.29, 0.717) is 22.4 Å². The van der Waals surface area contributed by atoms with E-state index in [-0.39, 0.29) is 22.9 Å². The van der Waals surface area contributed by atoms with Crippen LogP contribution in [-0.4, -0.2) is 39.1 Å². The quantitative estimate of drug-likeness (QED) is 0.567. The van der Waals surface area contributed by atoms with Gasteiger partial charge in [0.05, 0.1) is 32.5 Å². The van der Waals surface area contributed by atoms with Gasteiger partial charge in [-0.05, 0) is 30.7 Å². The van der Waals surface area contributed by atoms with Gasteiger partial charge in [-0.15, -0.1) is 0 Å². The number of esters is 2. The third-order valence-electron chi connectivity index (χ3n) is 4.70. The standard InChI is InChI=1S/C22H20O7/c1-12(23)15-6-5-7-16-17(13-8-10-14(26-2)11-9-13)18(21(24)27-3)20(22(25)28-4)29-19(15)16/h5-11,17H,1-4H3. The number of carbonyl (C=O) groups is 3. The van der Waals surface area contributed by atoms with E-state index in [4.69, 9.17) is 18.9 Å². The second-order valence-electron chi connectivity index (χ2n) is 6.31. The number of carbonyl (C=O) groups excluding carboxylic acids is 3. The van der Waals surface area contributed by atoms with Crippen molar-refractivity contribution in [3.05, 3.63) is 70.5 Å². The van der Waals surface area contributed by atoms with Gasteiger partial charge in [-0.1, -0.05) is 24.3 Å². The Bertz CT molecular complexity index is 1000. The largest absolute Gasteiger partial charge is 0.497 e. The highest BCUT2D eigenvalue weighted by molar-refractivity contribution is 6.04. The molecule has 1 unspecified atom stereocenters. The minimum atomic E-state index is -0.840. The number of rotatable bonds is 5. The molecule has 150 valence electrons. The third-order valence-corrected chi connectivity index (χ3v) is 4.70. The number of fused-ring (bicyclic) bond motifs is 1. The topological polar surface area (TPSA) is 88.1 Å². The zero-order valence-corrected chi connectivity index (χ0v) is 16.5. The Morgan fingerprint density at radius 2 is 1.55 bits per heavy atom. The molecule has 0 bridgehead atoms. The molecule has 2 aromatic carbocycles. The van der Waals surface area contributed by atoms with Gasteiger partial charge in [0, 0.05) is 11.5 Å². The van der Waals surface area contributed by atoms with Gasteiger partial charge in [0.15, 0.2) is 5.78 Å². The van der Waals surface area contributed by atoms with Crippen LogP contribution in [0.2, 0.25) is 0 Å². The molecule has 1 atom stereocenters. The van der Waals surface area contributed by atoms with Crippen LogP contribution in [0.1, 0.15) is 34.3 Å². The Kier molecular flexibility index (Phi) is 5.68. The van der Waals surface area contributed by atoms with Gasteiger partial charge in [0.25, 0.3) is 0 Å². The number of para-hydroxylation sites is 1. The number of methoxy groups -OCH3 is 3. The molecule has 0 N–H and O–H groups in total. The summed E-state index contributed by atoms with van der Waals surface area (Å²) < 4.78 is 20.7. The van der Waals surface area contributed by atoms with E-state index in [1.165, 1.54) is 21.1 Å². The maximum atomic E-state index is 12.7. The normalized spacial score (nSPS) is 15.1. The maximum Gasteiger partial charge on any atom is 0.374 e. The van der Waals surface area contributed by atoms with E-state index in [1.807, 2.05) is 0 Å². The highest BCUT2D eigenvalue weighted by Crippen LogP contribution is 2.45. The van der Waals surface area contributed by atoms with Crippen molar-refractivity contribution >= 4 is 17.7 Å². The second-order valence-corrected chi connectivity index (χ2v) is 6.31. The van der Waals surface area contributed by atoms with Gasteiger partial charge in [-0.25, -0.2) is 9.59 Å². The summed E-state index contributed by atoms with van der Waals surface area (Å²) in [5.41, 5.74) is 1.55. The van der Waals surface area contributed by atoms with Crippen molar-refractivity contribution in [2.75, 3.05) is 21.3 Å². The molecule has 1 aliphatic heterocycles. The summed E-state index contributed by atoms with van der Waals surface area (Å²) in [7, 11) is 3.95. The molecule has 29 heavy (non-hydrogen) atoms. The van der Waals surface area contributed by atoms with Crippen LogP contribution in [-0.2, 0) is 19.1 Å². The molecule has 0 amide bonds. The molecule has 0 fully saturated rings. The second kappa shape index (κ2) is 8.18. The van der Waals surface area contributed by atoms with E-state index in [2.05, 4.69) is 0 Å². The molecule has 0 saturated heterocycles. The summed E-state index contributed by atoms with van der Waals surface area (Å²) in [5, 5.41) is 0. The van der Waals surface area contributed by atoms with E-state index in [9.17, 15) is 14.4 Å². The first-order valence-corrected chi connectivity index (χ1v) is 8.79. The summed E-state index contributed by atoms with van der Waals surface area (Å²) in [6.07, 6.45) is 0. The summed E-state index contributed by atoms with van der Waals surface area (Å²) in [6.45, 7) is 1.40. The van der Waals surface area contributed by atoms with Gasteiger partial charge in [-0.2, -0.15) is 0 Å². The predicted octanol–water partition coefficient (Wildman–Crippen LogP) is 3.02. The first-order chi connectivity index (χ1) is 13.9. The number of ketones is 1. The van der Waals surface area contributed by atoms with Crippen LogP contribution in [0.25, 0.3) is 0 Å². The number of Topliss-reactive ketones (excluding diaryl/α,β-unsaturated/α-hetero) is 1. The van der Waals surface area contributed by atoms with Crippen molar-refractivity contribution in [3.63, 3.8) is 0 Å². The molecule has 0 spiro atoms. The average Bonchev–Trinajstić information content (AvgIpc) is 2.76. The molecule has 1 aliphatic rings. The maximum absolute atomic E-state index is 12.7. The van der Waals surface area contributed by atoms with Gasteiger partial charge < -0.3 is 18.9 Å². The molecule has 7 nitrogen and oxygen atoms in total. The molecular formula is C22H20O7. The average molecular weight is 396 g/mol. The van der Waals surface area contributed by atoms with Crippen LogP contribution in [0.4, 0.5) is 0 Å². The molecule has 0 aromatic heterocycles. The Morgan fingerprint density at radius 3 is 2.10 bits per heavy atom. The lowest BCUT2D eigenvalue weighted by atomic mass is 9.81. The first kappa shape index (κ1) is 20.1. The predicted molar refractivity (Wildman–Crippen MR) is 103 cm³/mol. The highest BCUT2D eigenvalue weighted by atomic mass is 16.6. The lowest BCUT2D eigenvalue weighted by molar-refractivity contribution is -0.141. The van der Waals surface area contributed by atoms with Gasteiger partial charge >= 0.3 is 11.9 Å². The summed E-state index contributed by atoms with van der Waals surface area (Å²) in [5.74, 6) is -1.96. The van der Waals surface area contributed by atoms with Gasteiger partial charge in [0.2, 0.25) is 5.76 Å². The van der Waals surface area contributed by atoms with Gasteiger partial charge in [0.1, 0.15) is 11.5 Å². The van der Waals surface area contributed by atoms with E-state index < -0.39 is 17.9 Å². The zero-order chi connectivity index (χ0) is 21.1. The minimum Gasteiger partial charge on any atom is -0.497 e. The lowest BCUT2D eigenvalue weighted by Crippen LogP contribution is -2.28. The molecule has 0 radical (unpaired) electrons. The molecule has 0 saturated carbocycles. The van der Waals surface area contributed by atoms with Crippen LogP contribution in [0.15, 0.2) is 53.8 Å². The summed E-state index contributed by atoms with van der Waals surface area (Å²) >= 11 is 0. The van der Waals surface area contributed by atoms with Crippen LogP contribution in [0, 0.1) is 0 Å². The monoisotopic (exact) mass is 396 g/mol. The molecule has 3 rings (SSSR count). The lowest BCUT2D eigenvalue weighted by Gasteiger charge is -2.30. The van der Waals surface area contributed by atoms with Crippen LogP contribution in [0.3, 0.4) is 0 Å². The first-order valence-electron chi connectivity index (χ1n) is 8.79. The van der Waals surface area contributed by atoms with Crippen molar-refractivity contribution < 1.29 is 33.3 Å². The van der Waals surface area contributed by atoms with E-state index in [1.54, 1.807) is 49.6 Å². The summed E-state index contributed by atoms with van der Waals surface area (Å²) in [6, 6.07) is 12.1. The van der Waals surface area contributed by atoms with E-state index >= 15 is 0 Å². The molecular weight excluding hydrogens is 376 g/mol. The van der Waals surface area contributed by atoms with Crippen molar-refractivity contribution in [2.45, 2.75) is 12.8 Å². The number of benzene rings is 2. The zero-order valence-electron chi connectivity index (χ0n) is 16.5. The fraction of sp³-hybridized carbons (Fsp3) is 0.227. The van der Waals surface area contributed by atoms with Crippen molar-refractivity contribution in [1.82, 2.24) is 0 Å². The van der Waals surface area contributed by atoms with Crippen LogP contribution < -0.4 is 9.47 Å². The molecule has 7 heteroatoms. The molecule has 0 aliphatic carbocycles. The third kappa shape index (κ3) is 3.59. The SMILES string of the molecule is COC(=O)C1=C(C(=O)OC)C(c2ccc(OC)cc2)c2cccc(C(C)=O)c2O1. The highest BCUT2D eigenvalue weighted by Gasteiger charge is 2.40. The van der Waals surface area contributed by atoms with Crippen LogP contribution >= 0.6 is 0 Å². The Balaban J connectivity index is 2.33. The number of hydrogen-bond donors (Lipinski definition) is 0. The smallest absolute Gasteiger partial charge is 0.374 e. The van der Waals surface area contributed by atoms with Crippen molar-refractivity contribution in [3.8, 4) is 11.5 Å². The van der Waals surface area contributed by atoms with E-state index in [0.717, 1.165) is 0 Å². The fourth-order valence-corrected chi connectivity index (χ4v) is 3.32. The Hall–Kier alpha value is -3.61. The Morgan fingerprint density at radius 1 is 0.897 bits per heavy atom. The fourth-order valence-electron chi connectivity index (χ4n) is 3.32. The number of ether oxygens (including phenoxy) is 4. The van der Waals surface area contributed by atoms with Crippen LogP contribution in [0.5, 0.6) is 11.5 Å². The molecule has 2 aromatic rings. The Labute approximate surface area is 167 Å². The molecule has 1 heterocycles. The number of hydrogen-bond acceptors (Lipinski definition) is 7.